The first kappa shape index (κ1) is 26.3. The summed E-state index contributed by atoms with van der Waals surface area (Å²) in [4.78, 5) is 13.9. The fraction of sp³-hybridized carbons (Fsp3) is 0.381. The van der Waals surface area contributed by atoms with Gasteiger partial charge in [-0.2, -0.15) is 0 Å². The van der Waals surface area contributed by atoms with Gasteiger partial charge in [-0.1, -0.05) is 11.6 Å². The van der Waals surface area contributed by atoms with E-state index in [1.165, 1.54) is 29.2 Å². The normalized spacial score (nSPS) is 15.9. The third-order valence-electron chi connectivity index (χ3n) is 5.37. The maximum absolute atomic E-state index is 12.9. The summed E-state index contributed by atoms with van der Waals surface area (Å²) in [6, 6.07) is 8.48. The third kappa shape index (κ3) is 6.63. The van der Waals surface area contributed by atoms with E-state index in [2.05, 4.69) is 4.74 Å². The molecule has 0 radical (unpaired) electrons. The highest BCUT2D eigenvalue weighted by Crippen LogP contribution is 2.31. The Labute approximate surface area is 200 Å². The molecule has 1 fully saturated rings. The van der Waals surface area contributed by atoms with Gasteiger partial charge in [0, 0.05) is 24.4 Å². The summed E-state index contributed by atoms with van der Waals surface area (Å²) in [5, 5.41) is 0.407. The molecule has 2 aromatic rings. The van der Waals surface area contributed by atoms with Gasteiger partial charge in [-0.3, -0.25) is 4.79 Å². The predicted molar refractivity (Wildman–Crippen MR) is 118 cm³/mol. The molecule has 0 N–H and O–H groups in total. The van der Waals surface area contributed by atoms with Crippen LogP contribution in [0, 0.1) is 5.92 Å². The molecule has 0 unspecified atom stereocenters. The topological polar surface area (TPSA) is 97.8 Å². The molecule has 3 rings (SSSR count). The van der Waals surface area contributed by atoms with Crippen LogP contribution < -0.4 is 4.74 Å². The van der Waals surface area contributed by atoms with Crippen LogP contribution in [-0.4, -0.2) is 59.1 Å². The zero-order valence-electron chi connectivity index (χ0n) is 17.9. The van der Waals surface area contributed by atoms with Gasteiger partial charge in [0.05, 0.1) is 21.1 Å². The van der Waals surface area contributed by atoms with E-state index < -0.39 is 48.2 Å². The van der Waals surface area contributed by atoms with Crippen molar-refractivity contribution in [3.63, 3.8) is 0 Å². The highest BCUT2D eigenvalue weighted by atomic mass is 35.5. The fourth-order valence-electron chi connectivity index (χ4n) is 3.64. The molecule has 0 atom stereocenters. The minimum absolute atomic E-state index is 0.124. The smallest absolute Gasteiger partial charge is 0.405 e. The van der Waals surface area contributed by atoms with Crippen molar-refractivity contribution in [1.29, 1.82) is 0 Å². The Hall–Kier alpha value is -2.31. The molecule has 1 heterocycles. The summed E-state index contributed by atoms with van der Waals surface area (Å²) in [7, 11) is -7.41. The average molecular weight is 540 g/mol. The average Bonchev–Trinajstić information content (AvgIpc) is 2.72. The van der Waals surface area contributed by atoms with Crippen LogP contribution in [-0.2, 0) is 19.7 Å². The summed E-state index contributed by atoms with van der Waals surface area (Å²) in [6.07, 6.45) is -3.65. The van der Waals surface area contributed by atoms with E-state index in [0.29, 0.717) is 23.9 Å². The number of benzene rings is 2. The number of alkyl halides is 3. The number of nitrogens with zero attached hydrogens (tertiary/aromatic N) is 1. The number of ether oxygens (including phenoxy) is 1. The zero-order chi connectivity index (χ0) is 25.3. The van der Waals surface area contributed by atoms with Crippen LogP contribution in [0.4, 0.5) is 13.2 Å². The molecule has 0 bridgehead atoms. The van der Waals surface area contributed by atoms with E-state index in [1.54, 1.807) is 0 Å². The van der Waals surface area contributed by atoms with Crippen molar-refractivity contribution in [2.75, 3.05) is 25.1 Å². The number of hydrogen-bond donors (Lipinski definition) is 0. The number of hydrogen-bond acceptors (Lipinski definition) is 6. The standard InChI is InChI=1S/C21H21ClF3NO6S2/c1-33(28,29)17-6-7-18(19(12-17)32-21(23,24)25)20(27)26-10-8-14(9-11-26)13-34(30,31)16-4-2-15(22)3-5-16/h2-7,12,14H,8-11,13H2,1H3. The summed E-state index contributed by atoms with van der Waals surface area (Å²) in [5.74, 6) is -2.06. The maximum atomic E-state index is 12.9. The van der Waals surface area contributed by atoms with E-state index in [1.807, 2.05) is 0 Å². The van der Waals surface area contributed by atoms with E-state index >= 15 is 0 Å². The molecule has 186 valence electrons. The highest BCUT2D eigenvalue weighted by Gasteiger charge is 2.35. The second kappa shape index (κ2) is 9.74. The largest absolute Gasteiger partial charge is 0.573 e. The first-order valence-electron chi connectivity index (χ1n) is 10.0. The van der Waals surface area contributed by atoms with Crippen LogP contribution in [0.15, 0.2) is 52.3 Å². The van der Waals surface area contributed by atoms with Gasteiger partial charge in [0.2, 0.25) is 0 Å². The molecule has 1 aliphatic heterocycles. The molecule has 0 saturated carbocycles. The Bertz CT molecular complexity index is 1270. The van der Waals surface area contributed by atoms with Crippen LogP contribution in [0.5, 0.6) is 5.75 Å². The molecule has 1 saturated heterocycles. The van der Waals surface area contributed by atoms with Crippen LogP contribution in [0.25, 0.3) is 0 Å². The Morgan fingerprint density at radius 1 is 1.03 bits per heavy atom. The third-order valence-corrected chi connectivity index (χ3v) is 8.63. The van der Waals surface area contributed by atoms with Gasteiger partial charge in [-0.15, -0.1) is 13.2 Å². The molecule has 0 spiro atoms. The molecule has 7 nitrogen and oxygen atoms in total. The predicted octanol–water partition coefficient (Wildman–Crippen LogP) is 3.97. The molecule has 13 heteroatoms. The quantitative estimate of drug-likeness (QED) is 0.551. The van der Waals surface area contributed by atoms with Crippen molar-refractivity contribution in [2.24, 2.45) is 5.92 Å². The Balaban J connectivity index is 1.73. The van der Waals surface area contributed by atoms with Crippen molar-refractivity contribution < 1.29 is 39.5 Å². The number of sulfone groups is 2. The number of piperidine rings is 1. The number of carbonyl (C=O) groups excluding carboxylic acids is 1. The molecule has 1 amide bonds. The maximum Gasteiger partial charge on any atom is 0.573 e. The lowest BCUT2D eigenvalue weighted by atomic mass is 9.98. The Kier molecular flexibility index (Phi) is 7.54. The van der Waals surface area contributed by atoms with Crippen LogP contribution in [0.2, 0.25) is 5.02 Å². The number of likely N-dealkylation sites (tertiary alicyclic amines) is 1. The minimum Gasteiger partial charge on any atom is -0.405 e. The number of rotatable bonds is 6. The minimum atomic E-state index is -5.13. The van der Waals surface area contributed by atoms with Gasteiger partial charge < -0.3 is 9.64 Å². The lowest BCUT2D eigenvalue weighted by Gasteiger charge is -2.32. The highest BCUT2D eigenvalue weighted by molar-refractivity contribution is 7.91. The van der Waals surface area contributed by atoms with Gasteiger partial charge >= 0.3 is 6.36 Å². The molecule has 0 aromatic heterocycles. The van der Waals surface area contributed by atoms with Crippen molar-refractivity contribution in [3.8, 4) is 5.75 Å². The Morgan fingerprint density at radius 2 is 1.59 bits per heavy atom. The summed E-state index contributed by atoms with van der Waals surface area (Å²) in [6.45, 7) is 0.248. The van der Waals surface area contributed by atoms with Crippen molar-refractivity contribution in [3.05, 3.63) is 53.1 Å². The number of halogens is 4. The number of carbonyl (C=O) groups is 1. The number of amides is 1. The molecular formula is C21H21ClF3NO6S2. The monoisotopic (exact) mass is 539 g/mol. The second-order valence-corrected chi connectivity index (χ2v) is 12.4. The van der Waals surface area contributed by atoms with Gasteiger partial charge in [0.25, 0.3) is 5.91 Å². The molecular weight excluding hydrogens is 519 g/mol. The van der Waals surface area contributed by atoms with Gasteiger partial charge in [0.1, 0.15) is 5.75 Å². The van der Waals surface area contributed by atoms with Crippen LogP contribution >= 0.6 is 11.6 Å². The molecule has 1 aliphatic rings. The van der Waals surface area contributed by atoms with E-state index in [9.17, 15) is 34.8 Å². The first-order valence-corrected chi connectivity index (χ1v) is 14.0. The molecule has 0 aliphatic carbocycles. The van der Waals surface area contributed by atoms with Crippen LogP contribution in [0.3, 0.4) is 0 Å². The van der Waals surface area contributed by atoms with Crippen molar-refractivity contribution in [1.82, 2.24) is 4.90 Å². The van der Waals surface area contributed by atoms with Crippen LogP contribution in [0.1, 0.15) is 23.2 Å². The Morgan fingerprint density at radius 3 is 2.12 bits per heavy atom. The zero-order valence-corrected chi connectivity index (χ0v) is 20.3. The van der Waals surface area contributed by atoms with E-state index in [4.69, 9.17) is 11.6 Å². The molecule has 2 aromatic carbocycles. The second-order valence-electron chi connectivity index (χ2n) is 7.95. The van der Waals surface area contributed by atoms with Crippen molar-refractivity contribution in [2.45, 2.75) is 29.0 Å². The van der Waals surface area contributed by atoms with Gasteiger partial charge in [0.15, 0.2) is 19.7 Å². The summed E-state index contributed by atoms with van der Waals surface area (Å²) in [5.41, 5.74) is -0.433. The van der Waals surface area contributed by atoms with Crippen molar-refractivity contribution >= 4 is 37.2 Å². The summed E-state index contributed by atoms with van der Waals surface area (Å²) >= 11 is 5.79. The summed E-state index contributed by atoms with van der Waals surface area (Å²) < 4.78 is 91.2. The van der Waals surface area contributed by atoms with E-state index in [0.717, 1.165) is 18.4 Å². The van der Waals surface area contributed by atoms with E-state index in [-0.39, 0.29) is 29.7 Å². The van der Waals surface area contributed by atoms with Gasteiger partial charge in [-0.05, 0) is 61.2 Å². The first-order chi connectivity index (χ1) is 15.7. The fourth-order valence-corrected chi connectivity index (χ4v) is 6.10. The lowest BCUT2D eigenvalue weighted by molar-refractivity contribution is -0.274. The SMILES string of the molecule is CS(=O)(=O)c1ccc(C(=O)N2CCC(CS(=O)(=O)c3ccc(Cl)cc3)CC2)c(OC(F)(F)F)c1. The molecule has 34 heavy (non-hydrogen) atoms. The lowest BCUT2D eigenvalue weighted by Crippen LogP contribution is -2.40. The van der Waals surface area contributed by atoms with Gasteiger partial charge in [-0.25, -0.2) is 16.8 Å².